The Morgan fingerprint density at radius 1 is 1.07 bits per heavy atom. The number of hydrogen-bond donors (Lipinski definition) is 0. The molecule has 10 heteroatoms. The number of alkyl halides is 2. The number of aryl methyl sites for hydroxylation is 1. The summed E-state index contributed by atoms with van der Waals surface area (Å²) in [6, 6.07) is 16.7. The first-order valence-corrected chi connectivity index (χ1v) is 13.6. The number of likely N-dealkylation sites (tertiary alicyclic amines) is 1. The van der Waals surface area contributed by atoms with E-state index in [1.54, 1.807) is 31.3 Å². The van der Waals surface area contributed by atoms with Gasteiger partial charge in [-0.2, -0.15) is 8.78 Å². The van der Waals surface area contributed by atoms with E-state index >= 15 is 0 Å². The topological polar surface area (TPSA) is 81.2 Å². The van der Waals surface area contributed by atoms with Crippen molar-refractivity contribution in [2.75, 3.05) is 32.1 Å². The highest BCUT2D eigenvalue weighted by atomic mass is 19.3. The Morgan fingerprint density at radius 2 is 1.83 bits per heavy atom. The molecular formula is C31H33F2N3O5. The molecule has 2 heterocycles. The van der Waals surface area contributed by atoms with Crippen LogP contribution in [0.1, 0.15) is 46.8 Å². The highest BCUT2D eigenvalue weighted by molar-refractivity contribution is 6.04. The first kappa shape index (κ1) is 28.5. The van der Waals surface area contributed by atoms with Gasteiger partial charge >= 0.3 is 12.6 Å². The zero-order chi connectivity index (χ0) is 29.1. The number of carbonyl (C=O) groups is 2. The maximum atomic E-state index is 13.2. The molecule has 1 amide bonds. The Kier molecular flexibility index (Phi) is 8.49. The lowest BCUT2D eigenvalue weighted by Gasteiger charge is -2.18. The third kappa shape index (κ3) is 7.00. The van der Waals surface area contributed by atoms with Crippen molar-refractivity contribution in [3.63, 3.8) is 0 Å². The summed E-state index contributed by atoms with van der Waals surface area (Å²) >= 11 is 0. The molecule has 1 saturated heterocycles. The Hall–Kier alpha value is -4.05. The Morgan fingerprint density at radius 3 is 2.54 bits per heavy atom. The predicted octanol–water partition coefficient (Wildman–Crippen LogP) is 5.45. The van der Waals surface area contributed by atoms with E-state index in [1.807, 2.05) is 43.1 Å². The second-order valence-corrected chi connectivity index (χ2v) is 10.7. The molecule has 0 unspecified atom stereocenters. The molecule has 0 radical (unpaired) electrons. The van der Waals surface area contributed by atoms with Crippen molar-refractivity contribution in [2.24, 2.45) is 5.92 Å². The number of amides is 1. The number of likely N-dealkylation sites (N-methyl/N-ethyl adjacent to an activating group) is 1. The first-order valence-electron chi connectivity index (χ1n) is 13.6. The normalized spacial score (nSPS) is 18.8. The standard InChI is InChI=1S/C31H33F2N3O5/c1-19-7-12-23(13-8-19)36(3)29(37)24-5-4-6-28(34-24)41-30(38)25-15-22(17-35(25)2)21-11-14-26(40-31(32)33)27(16-21)39-18-20-9-10-20/h4-8,11-14,16,20,22,25,31H,9-10,15,17-18H2,1-3H3/t22-,25-/m1/s1. The largest absolute Gasteiger partial charge is 0.489 e. The minimum atomic E-state index is -2.95. The van der Waals surface area contributed by atoms with Crippen LogP contribution < -0.4 is 19.1 Å². The lowest BCUT2D eigenvalue weighted by molar-refractivity contribution is -0.139. The van der Waals surface area contributed by atoms with Gasteiger partial charge < -0.3 is 19.1 Å². The molecule has 3 aromatic rings. The van der Waals surface area contributed by atoms with Gasteiger partial charge in [0.1, 0.15) is 11.7 Å². The summed E-state index contributed by atoms with van der Waals surface area (Å²) in [5.74, 6) is -0.0968. The average molecular weight is 566 g/mol. The molecular weight excluding hydrogens is 532 g/mol. The van der Waals surface area contributed by atoms with Gasteiger partial charge in [0.15, 0.2) is 11.5 Å². The summed E-state index contributed by atoms with van der Waals surface area (Å²) in [6.45, 7) is 0.0340. The van der Waals surface area contributed by atoms with Crippen molar-refractivity contribution in [3.8, 4) is 17.4 Å². The summed E-state index contributed by atoms with van der Waals surface area (Å²) in [5.41, 5.74) is 2.82. The number of carbonyl (C=O) groups excluding carboxylic acids is 2. The maximum Gasteiger partial charge on any atom is 0.387 e. The lowest BCUT2D eigenvalue weighted by Crippen LogP contribution is -2.36. The number of anilines is 1. The quantitative estimate of drug-likeness (QED) is 0.303. The zero-order valence-corrected chi connectivity index (χ0v) is 23.3. The molecule has 0 spiro atoms. The number of esters is 1. The maximum absolute atomic E-state index is 13.2. The van der Waals surface area contributed by atoms with Crippen LogP contribution in [-0.2, 0) is 4.79 Å². The molecule has 2 atom stereocenters. The Bertz CT molecular complexity index is 1400. The predicted molar refractivity (Wildman–Crippen MR) is 149 cm³/mol. The van der Waals surface area contributed by atoms with Gasteiger partial charge in [-0.3, -0.25) is 9.69 Å². The molecule has 1 saturated carbocycles. The minimum Gasteiger partial charge on any atom is -0.489 e. The van der Waals surface area contributed by atoms with Gasteiger partial charge in [-0.05, 0) is 81.0 Å². The molecule has 41 heavy (non-hydrogen) atoms. The monoisotopic (exact) mass is 565 g/mol. The molecule has 0 bridgehead atoms. The van der Waals surface area contributed by atoms with E-state index in [-0.39, 0.29) is 34.9 Å². The molecule has 8 nitrogen and oxygen atoms in total. The van der Waals surface area contributed by atoms with Crippen molar-refractivity contribution in [1.82, 2.24) is 9.88 Å². The minimum absolute atomic E-state index is 0.000220. The molecule has 1 aliphatic heterocycles. The van der Waals surface area contributed by atoms with Crippen molar-refractivity contribution in [1.29, 1.82) is 0 Å². The molecule has 2 aromatic carbocycles. The van der Waals surface area contributed by atoms with E-state index < -0.39 is 18.6 Å². The number of nitrogens with zero attached hydrogens (tertiary/aromatic N) is 3. The number of halogens is 2. The number of aromatic nitrogens is 1. The molecule has 216 valence electrons. The summed E-state index contributed by atoms with van der Waals surface area (Å²) < 4.78 is 41.9. The van der Waals surface area contributed by atoms with E-state index in [9.17, 15) is 18.4 Å². The summed E-state index contributed by atoms with van der Waals surface area (Å²) in [7, 11) is 3.49. The Balaban J connectivity index is 1.25. The highest BCUT2D eigenvalue weighted by Gasteiger charge is 2.37. The summed E-state index contributed by atoms with van der Waals surface area (Å²) in [6.07, 6.45) is 2.59. The van der Waals surface area contributed by atoms with Gasteiger partial charge in [0.05, 0.1) is 6.61 Å². The van der Waals surface area contributed by atoms with Crippen LogP contribution in [0.3, 0.4) is 0 Å². The number of rotatable bonds is 10. The van der Waals surface area contributed by atoms with Crippen molar-refractivity contribution < 1.29 is 32.6 Å². The van der Waals surface area contributed by atoms with Crippen LogP contribution in [-0.4, -0.2) is 61.7 Å². The second-order valence-electron chi connectivity index (χ2n) is 10.7. The number of pyridine rings is 1. The number of benzene rings is 2. The summed E-state index contributed by atoms with van der Waals surface area (Å²) in [5, 5.41) is 0. The van der Waals surface area contributed by atoms with Gasteiger partial charge in [-0.25, -0.2) is 9.78 Å². The van der Waals surface area contributed by atoms with Gasteiger partial charge in [0.2, 0.25) is 5.88 Å². The first-order chi connectivity index (χ1) is 19.7. The lowest BCUT2D eigenvalue weighted by atomic mass is 9.96. The molecule has 2 fully saturated rings. The molecule has 1 aromatic heterocycles. The van der Waals surface area contributed by atoms with Crippen LogP contribution in [0.5, 0.6) is 17.4 Å². The van der Waals surface area contributed by atoms with Crippen LogP contribution in [0.2, 0.25) is 0 Å². The number of hydrogen-bond acceptors (Lipinski definition) is 7. The highest BCUT2D eigenvalue weighted by Crippen LogP contribution is 2.38. The fraction of sp³-hybridized carbons (Fsp3) is 0.387. The average Bonchev–Trinajstić information content (AvgIpc) is 3.70. The van der Waals surface area contributed by atoms with Gasteiger partial charge in [-0.1, -0.05) is 29.8 Å². The van der Waals surface area contributed by atoms with Gasteiger partial charge in [0.25, 0.3) is 5.91 Å². The van der Waals surface area contributed by atoms with Crippen LogP contribution in [0.15, 0.2) is 60.7 Å². The van der Waals surface area contributed by atoms with Crippen LogP contribution in [0.4, 0.5) is 14.5 Å². The van der Waals surface area contributed by atoms with Crippen LogP contribution in [0.25, 0.3) is 0 Å². The molecule has 1 aliphatic carbocycles. The van der Waals surface area contributed by atoms with Gasteiger partial charge in [0, 0.05) is 25.3 Å². The number of ether oxygens (including phenoxy) is 3. The fourth-order valence-electron chi connectivity index (χ4n) is 4.91. The van der Waals surface area contributed by atoms with E-state index in [2.05, 4.69) is 9.72 Å². The molecule has 5 rings (SSSR count). The van der Waals surface area contributed by atoms with Gasteiger partial charge in [-0.15, -0.1) is 0 Å². The molecule has 2 aliphatic rings. The smallest absolute Gasteiger partial charge is 0.387 e. The van der Waals surface area contributed by atoms with Crippen LogP contribution in [0, 0.1) is 12.8 Å². The second kappa shape index (κ2) is 12.2. The third-order valence-electron chi connectivity index (χ3n) is 7.52. The van der Waals surface area contributed by atoms with Crippen molar-refractivity contribution in [3.05, 3.63) is 77.5 Å². The third-order valence-corrected chi connectivity index (χ3v) is 7.52. The SMILES string of the molecule is Cc1ccc(N(C)C(=O)c2cccc(OC(=O)[C@H]3C[C@@H](c4ccc(OC(F)F)c(OCC5CC5)c4)CN3C)n2)cc1. The summed E-state index contributed by atoms with van der Waals surface area (Å²) in [4.78, 5) is 33.9. The molecule has 0 N–H and O–H groups in total. The van der Waals surface area contributed by atoms with Crippen LogP contribution >= 0.6 is 0 Å². The van der Waals surface area contributed by atoms with E-state index in [1.165, 1.54) is 17.0 Å². The van der Waals surface area contributed by atoms with E-state index in [0.29, 0.717) is 25.5 Å². The van der Waals surface area contributed by atoms with E-state index in [0.717, 1.165) is 29.7 Å². The zero-order valence-electron chi connectivity index (χ0n) is 23.3. The Labute approximate surface area is 237 Å². The van der Waals surface area contributed by atoms with Crippen molar-refractivity contribution in [2.45, 2.75) is 44.8 Å². The van der Waals surface area contributed by atoms with E-state index in [4.69, 9.17) is 9.47 Å². The van der Waals surface area contributed by atoms with Crippen molar-refractivity contribution >= 4 is 17.6 Å². The fourth-order valence-corrected chi connectivity index (χ4v) is 4.91.